The monoisotopic (exact) mass is 423 g/mol. The SMILES string of the molecule is CCc1ccc([C@H]2CC[C@H](CCCC[C@H]3CC[C@H](CCC=C(F)C#N)CC3)CC2)cc1. The van der Waals surface area contributed by atoms with Crippen molar-refractivity contribution in [2.24, 2.45) is 17.8 Å². The van der Waals surface area contributed by atoms with E-state index in [0.717, 1.165) is 42.9 Å². The quantitative estimate of drug-likeness (QED) is 0.272. The maximum Gasteiger partial charge on any atom is 0.196 e. The maximum atomic E-state index is 12.9. The number of nitrogens with zero attached hydrogens (tertiary/aromatic N) is 1. The number of halogens is 1. The van der Waals surface area contributed by atoms with Gasteiger partial charge < -0.3 is 0 Å². The van der Waals surface area contributed by atoms with Gasteiger partial charge in [0.15, 0.2) is 5.83 Å². The van der Waals surface area contributed by atoms with Crippen LogP contribution in [0.2, 0.25) is 0 Å². The Kier molecular flexibility index (Phi) is 10.1. The highest BCUT2D eigenvalue weighted by Crippen LogP contribution is 2.38. The van der Waals surface area contributed by atoms with Gasteiger partial charge in [0, 0.05) is 0 Å². The molecule has 0 amide bonds. The van der Waals surface area contributed by atoms with Gasteiger partial charge in [0.1, 0.15) is 6.07 Å². The summed E-state index contributed by atoms with van der Waals surface area (Å²) in [5.41, 5.74) is 3.02. The summed E-state index contributed by atoms with van der Waals surface area (Å²) in [5.74, 6) is 2.80. The summed E-state index contributed by atoms with van der Waals surface area (Å²) in [6.07, 6.45) is 21.0. The van der Waals surface area contributed by atoms with Gasteiger partial charge in [-0.15, -0.1) is 0 Å². The van der Waals surface area contributed by atoms with Crippen molar-refractivity contribution in [2.75, 3.05) is 0 Å². The van der Waals surface area contributed by atoms with E-state index in [0.29, 0.717) is 0 Å². The minimum Gasteiger partial charge on any atom is -0.195 e. The molecule has 31 heavy (non-hydrogen) atoms. The average Bonchev–Trinajstić information content (AvgIpc) is 2.83. The lowest BCUT2D eigenvalue weighted by atomic mass is 9.76. The molecule has 0 aliphatic heterocycles. The summed E-state index contributed by atoms with van der Waals surface area (Å²) >= 11 is 0. The Morgan fingerprint density at radius 2 is 1.39 bits per heavy atom. The van der Waals surface area contributed by atoms with E-state index >= 15 is 0 Å². The molecule has 0 N–H and O–H groups in total. The average molecular weight is 424 g/mol. The highest BCUT2D eigenvalue weighted by atomic mass is 19.1. The van der Waals surface area contributed by atoms with Gasteiger partial charge in [-0.3, -0.25) is 0 Å². The summed E-state index contributed by atoms with van der Waals surface area (Å²) < 4.78 is 12.9. The summed E-state index contributed by atoms with van der Waals surface area (Å²) in [4.78, 5) is 0. The molecule has 2 fully saturated rings. The first kappa shape index (κ1) is 24.0. The normalized spacial score (nSPS) is 27.1. The zero-order valence-corrected chi connectivity index (χ0v) is 19.6. The zero-order chi connectivity index (χ0) is 21.9. The molecule has 2 aliphatic rings. The Bertz CT molecular complexity index is 697. The third-order valence-corrected chi connectivity index (χ3v) is 8.15. The Morgan fingerprint density at radius 1 is 0.871 bits per heavy atom. The molecule has 0 saturated heterocycles. The molecule has 2 heteroatoms. The van der Waals surface area contributed by atoms with Crippen LogP contribution in [0.1, 0.15) is 114 Å². The fraction of sp³-hybridized carbons (Fsp3) is 0.690. The Hall–Kier alpha value is -1.62. The number of unbranched alkanes of at least 4 members (excludes halogenated alkanes) is 1. The highest BCUT2D eigenvalue weighted by molar-refractivity contribution is 5.25. The van der Waals surface area contributed by atoms with Crippen molar-refractivity contribution in [1.82, 2.24) is 0 Å². The van der Waals surface area contributed by atoms with Gasteiger partial charge in [0.2, 0.25) is 0 Å². The van der Waals surface area contributed by atoms with Crippen LogP contribution < -0.4 is 0 Å². The smallest absolute Gasteiger partial charge is 0.195 e. The molecule has 0 unspecified atom stereocenters. The number of allylic oxidation sites excluding steroid dienone is 2. The first-order valence-electron chi connectivity index (χ1n) is 13.0. The lowest BCUT2D eigenvalue weighted by Gasteiger charge is -2.30. The molecule has 0 spiro atoms. The van der Waals surface area contributed by atoms with Gasteiger partial charge >= 0.3 is 0 Å². The zero-order valence-electron chi connectivity index (χ0n) is 19.6. The van der Waals surface area contributed by atoms with Crippen LogP contribution in [-0.2, 0) is 6.42 Å². The van der Waals surface area contributed by atoms with Crippen LogP contribution in [0, 0.1) is 29.1 Å². The first-order chi connectivity index (χ1) is 15.2. The van der Waals surface area contributed by atoms with E-state index in [1.165, 1.54) is 88.7 Å². The van der Waals surface area contributed by atoms with Gasteiger partial charge in [0.05, 0.1) is 0 Å². The predicted molar refractivity (Wildman–Crippen MR) is 128 cm³/mol. The fourth-order valence-corrected chi connectivity index (χ4v) is 5.98. The van der Waals surface area contributed by atoms with Crippen LogP contribution in [0.15, 0.2) is 36.2 Å². The van der Waals surface area contributed by atoms with Gasteiger partial charge in [-0.05, 0) is 85.8 Å². The lowest BCUT2D eigenvalue weighted by Crippen LogP contribution is -2.15. The second kappa shape index (κ2) is 13.0. The molecule has 3 rings (SSSR count). The lowest BCUT2D eigenvalue weighted by molar-refractivity contribution is 0.244. The number of hydrogen-bond acceptors (Lipinski definition) is 1. The Labute approximate surface area is 190 Å². The molecule has 1 aromatic rings. The van der Waals surface area contributed by atoms with E-state index in [2.05, 4.69) is 31.2 Å². The predicted octanol–water partition coefficient (Wildman–Crippen LogP) is 9.05. The molecule has 0 atom stereocenters. The van der Waals surface area contributed by atoms with Crippen LogP contribution in [0.4, 0.5) is 4.39 Å². The fourth-order valence-electron chi connectivity index (χ4n) is 5.98. The van der Waals surface area contributed by atoms with Gasteiger partial charge in [0.25, 0.3) is 0 Å². The molecule has 0 heterocycles. The van der Waals surface area contributed by atoms with Crippen LogP contribution in [0.25, 0.3) is 0 Å². The number of nitriles is 1. The second-order valence-electron chi connectivity index (χ2n) is 10.2. The first-order valence-corrected chi connectivity index (χ1v) is 13.0. The van der Waals surface area contributed by atoms with Crippen molar-refractivity contribution in [3.8, 4) is 6.07 Å². The number of benzene rings is 1. The Morgan fingerprint density at radius 3 is 1.90 bits per heavy atom. The molecule has 1 aromatic carbocycles. The molecule has 2 saturated carbocycles. The van der Waals surface area contributed by atoms with Crippen molar-refractivity contribution in [2.45, 2.75) is 109 Å². The molecule has 2 aliphatic carbocycles. The standard InChI is InChI=1S/C29H42FN/c1-2-23-14-18-27(19-15-23)28-20-16-25(17-21-28)7-4-3-6-24-10-12-26(13-11-24)8-5-9-29(30)22-31/h9,14-15,18-19,24-26,28H,2-8,10-13,16-17,20-21H2,1H3/t24-,25-,26-,28-. The topological polar surface area (TPSA) is 23.8 Å². The third-order valence-electron chi connectivity index (χ3n) is 8.15. The number of hydrogen-bond donors (Lipinski definition) is 0. The van der Waals surface area contributed by atoms with Crippen LogP contribution >= 0.6 is 0 Å². The van der Waals surface area contributed by atoms with E-state index in [9.17, 15) is 4.39 Å². The molecular weight excluding hydrogens is 381 g/mol. The van der Waals surface area contributed by atoms with E-state index < -0.39 is 5.83 Å². The summed E-state index contributed by atoms with van der Waals surface area (Å²) in [6.45, 7) is 2.23. The Balaban J connectivity index is 1.23. The summed E-state index contributed by atoms with van der Waals surface area (Å²) in [7, 11) is 0. The van der Waals surface area contributed by atoms with Crippen molar-refractivity contribution in [3.05, 3.63) is 47.3 Å². The van der Waals surface area contributed by atoms with E-state index in [1.807, 2.05) is 0 Å². The van der Waals surface area contributed by atoms with E-state index in [-0.39, 0.29) is 0 Å². The van der Waals surface area contributed by atoms with Crippen LogP contribution in [0.3, 0.4) is 0 Å². The summed E-state index contributed by atoms with van der Waals surface area (Å²) in [5, 5.41) is 8.47. The van der Waals surface area contributed by atoms with Gasteiger partial charge in [-0.1, -0.05) is 82.6 Å². The molecule has 170 valence electrons. The molecule has 0 radical (unpaired) electrons. The minimum atomic E-state index is -0.618. The second-order valence-corrected chi connectivity index (χ2v) is 10.2. The van der Waals surface area contributed by atoms with Crippen molar-refractivity contribution < 1.29 is 4.39 Å². The maximum absolute atomic E-state index is 12.9. The molecular formula is C29H42FN. The van der Waals surface area contributed by atoms with Crippen molar-refractivity contribution in [3.63, 3.8) is 0 Å². The largest absolute Gasteiger partial charge is 0.196 e. The summed E-state index contributed by atoms with van der Waals surface area (Å²) in [6, 6.07) is 11.0. The van der Waals surface area contributed by atoms with Crippen LogP contribution in [0.5, 0.6) is 0 Å². The van der Waals surface area contributed by atoms with Crippen molar-refractivity contribution >= 4 is 0 Å². The minimum absolute atomic E-state index is 0.618. The van der Waals surface area contributed by atoms with E-state index in [1.54, 1.807) is 11.6 Å². The molecule has 0 bridgehead atoms. The molecule has 0 aromatic heterocycles. The van der Waals surface area contributed by atoms with E-state index in [4.69, 9.17) is 5.26 Å². The van der Waals surface area contributed by atoms with Crippen molar-refractivity contribution in [1.29, 1.82) is 5.26 Å². The molecule has 1 nitrogen and oxygen atoms in total. The highest BCUT2D eigenvalue weighted by Gasteiger charge is 2.23. The third kappa shape index (κ3) is 8.10. The number of rotatable bonds is 10. The van der Waals surface area contributed by atoms with Gasteiger partial charge in [-0.25, -0.2) is 0 Å². The number of aryl methyl sites for hydroxylation is 1. The van der Waals surface area contributed by atoms with Gasteiger partial charge in [-0.2, -0.15) is 9.65 Å². The van der Waals surface area contributed by atoms with Crippen LogP contribution in [-0.4, -0.2) is 0 Å².